The second kappa shape index (κ2) is 16.5. The van der Waals surface area contributed by atoms with Crippen LogP contribution < -0.4 is 0 Å². The molecule has 2 aliphatic rings. The lowest BCUT2D eigenvalue weighted by molar-refractivity contribution is 0.0532. The zero-order valence-corrected chi connectivity index (χ0v) is 30.6. The van der Waals surface area contributed by atoms with Gasteiger partial charge in [0, 0.05) is 34.1 Å². The van der Waals surface area contributed by atoms with Crippen LogP contribution in [0.2, 0.25) is 5.02 Å². The highest BCUT2D eigenvalue weighted by molar-refractivity contribution is 9.10. The minimum atomic E-state index is -0.191. The Bertz CT molecular complexity index is 1400. The third-order valence-electron chi connectivity index (χ3n) is 9.94. The molecule has 46 heavy (non-hydrogen) atoms. The summed E-state index contributed by atoms with van der Waals surface area (Å²) in [7, 11) is 0. The Morgan fingerprint density at radius 2 is 1.22 bits per heavy atom. The Hall–Kier alpha value is -1.84. The maximum Gasteiger partial charge on any atom is 0.255 e. The molecule has 5 rings (SSSR count). The van der Waals surface area contributed by atoms with E-state index in [1.54, 1.807) is 30.3 Å². The summed E-state index contributed by atoms with van der Waals surface area (Å²) in [5.41, 5.74) is 2.60. The molecule has 0 saturated carbocycles. The van der Waals surface area contributed by atoms with Crippen molar-refractivity contribution in [2.45, 2.75) is 64.5 Å². The SMILES string of the molecule is CC(CN(CC(C)N1CCC(Cc2cc(F)ccc2Br)CC1)C(=O)c1ccccc1Cl)N1CCC(Cc2cc(F)ccc2Br)CC1. The Labute approximate surface area is 294 Å². The maximum atomic E-state index is 14.0. The first kappa shape index (κ1) is 35.5. The summed E-state index contributed by atoms with van der Waals surface area (Å²) in [6.45, 7) is 9.51. The molecule has 2 atom stereocenters. The normalized spacial score (nSPS) is 18.4. The Morgan fingerprint density at radius 1 is 0.783 bits per heavy atom. The number of piperidine rings is 2. The standard InChI is InChI=1S/C37H44Br2ClF2N3O/c1-25(43-15-11-27(12-16-43)19-29-21-31(41)7-9-34(29)38)23-45(37(46)33-5-3-4-6-36(33)40)24-26(2)44-17-13-28(14-18-44)20-30-22-32(42)8-10-35(30)39/h3-10,21-22,25-28H,11-20,23-24H2,1-2H3. The molecule has 2 saturated heterocycles. The highest BCUT2D eigenvalue weighted by Crippen LogP contribution is 2.29. The molecule has 1 amide bonds. The summed E-state index contributed by atoms with van der Waals surface area (Å²) < 4.78 is 29.6. The lowest BCUT2D eigenvalue weighted by atomic mass is 9.89. The fraction of sp³-hybridized carbons (Fsp3) is 0.486. The predicted octanol–water partition coefficient (Wildman–Crippen LogP) is 9.27. The molecule has 248 valence electrons. The van der Waals surface area contributed by atoms with Gasteiger partial charge >= 0.3 is 0 Å². The molecule has 0 radical (unpaired) electrons. The average molecular weight is 780 g/mol. The zero-order chi connectivity index (χ0) is 32.8. The van der Waals surface area contributed by atoms with Crippen LogP contribution in [0, 0.1) is 23.5 Å². The van der Waals surface area contributed by atoms with Gasteiger partial charge in [0.15, 0.2) is 0 Å². The van der Waals surface area contributed by atoms with Crippen molar-refractivity contribution in [3.05, 3.63) is 103 Å². The van der Waals surface area contributed by atoms with E-state index in [-0.39, 0.29) is 29.6 Å². The van der Waals surface area contributed by atoms with Gasteiger partial charge in [-0.15, -0.1) is 0 Å². The largest absolute Gasteiger partial charge is 0.335 e. The van der Waals surface area contributed by atoms with Crippen molar-refractivity contribution in [3.63, 3.8) is 0 Å². The Kier molecular flexibility index (Phi) is 12.7. The fourth-order valence-corrected chi connectivity index (χ4v) is 8.16. The van der Waals surface area contributed by atoms with E-state index in [1.807, 2.05) is 23.1 Å². The van der Waals surface area contributed by atoms with Crippen molar-refractivity contribution >= 4 is 49.4 Å². The van der Waals surface area contributed by atoms with E-state index in [4.69, 9.17) is 11.6 Å². The first-order chi connectivity index (χ1) is 22.1. The topological polar surface area (TPSA) is 26.8 Å². The number of likely N-dealkylation sites (tertiary alicyclic amines) is 2. The molecule has 2 heterocycles. The smallest absolute Gasteiger partial charge is 0.255 e. The van der Waals surface area contributed by atoms with E-state index < -0.39 is 0 Å². The number of carbonyl (C=O) groups excluding carboxylic acids is 1. The van der Waals surface area contributed by atoms with Crippen molar-refractivity contribution in [1.82, 2.24) is 14.7 Å². The number of rotatable bonds is 11. The van der Waals surface area contributed by atoms with Crippen LogP contribution >= 0.6 is 43.5 Å². The second-order valence-electron chi connectivity index (χ2n) is 13.2. The molecule has 2 unspecified atom stereocenters. The minimum Gasteiger partial charge on any atom is -0.335 e. The zero-order valence-electron chi connectivity index (χ0n) is 26.7. The van der Waals surface area contributed by atoms with E-state index in [1.165, 1.54) is 12.1 Å². The van der Waals surface area contributed by atoms with Crippen LogP contribution in [0.4, 0.5) is 8.78 Å². The van der Waals surface area contributed by atoms with Gasteiger partial charge in [0.1, 0.15) is 11.6 Å². The molecule has 0 bridgehead atoms. The first-order valence-corrected chi connectivity index (χ1v) is 18.4. The molecule has 0 N–H and O–H groups in total. The van der Waals surface area contributed by atoms with Crippen molar-refractivity contribution < 1.29 is 13.6 Å². The molecule has 2 fully saturated rings. The lowest BCUT2D eigenvalue weighted by Crippen LogP contribution is -2.52. The summed E-state index contributed by atoms with van der Waals surface area (Å²) in [4.78, 5) is 20.9. The molecule has 9 heteroatoms. The summed E-state index contributed by atoms with van der Waals surface area (Å²) in [5.74, 6) is 0.604. The molecule has 0 aromatic heterocycles. The molecule has 3 aromatic rings. The number of halogens is 5. The molecular weight excluding hydrogens is 736 g/mol. The van der Waals surface area contributed by atoms with Crippen LogP contribution in [0.1, 0.15) is 61.0 Å². The molecule has 0 aliphatic carbocycles. The maximum absolute atomic E-state index is 14.0. The molecule has 3 aromatic carbocycles. The minimum absolute atomic E-state index is 0.0269. The van der Waals surface area contributed by atoms with Gasteiger partial charge in [-0.1, -0.05) is 55.6 Å². The van der Waals surface area contributed by atoms with E-state index in [9.17, 15) is 13.6 Å². The number of hydrogen-bond acceptors (Lipinski definition) is 3. The van der Waals surface area contributed by atoms with Crippen LogP contribution in [0.25, 0.3) is 0 Å². The van der Waals surface area contributed by atoms with Gasteiger partial charge in [0.2, 0.25) is 0 Å². The Morgan fingerprint density at radius 3 is 1.65 bits per heavy atom. The first-order valence-electron chi connectivity index (χ1n) is 16.5. The van der Waals surface area contributed by atoms with Gasteiger partial charge in [0.05, 0.1) is 10.6 Å². The van der Waals surface area contributed by atoms with Crippen molar-refractivity contribution in [2.75, 3.05) is 39.3 Å². The van der Waals surface area contributed by atoms with Gasteiger partial charge in [-0.25, -0.2) is 8.78 Å². The Balaban J connectivity index is 1.19. The summed E-state index contributed by atoms with van der Waals surface area (Å²) in [6.07, 6.45) is 5.91. The van der Waals surface area contributed by atoms with Crippen LogP contribution in [0.15, 0.2) is 69.6 Å². The third-order valence-corrected chi connectivity index (χ3v) is 11.8. The highest BCUT2D eigenvalue weighted by atomic mass is 79.9. The van der Waals surface area contributed by atoms with Crippen LogP contribution in [0.3, 0.4) is 0 Å². The van der Waals surface area contributed by atoms with Crippen molar-refractivity contribution in [3.8, 4) is 0 Å². The van der Waals surface area contributed by atoms with E-state index in [0.29, 0.717) is 35.5 Å². The van der Waals surface area contributed by atoms with Crippen LogP contribution in [0.5, 0.6) is 0 Å². The quantitative estimate of drug-likeness (QED) is 0.194. The van der Waals surface area contributed by atoms with Crippen LogP contribution in [-0.2, 0) is 12.8 Å². The second-order valence-corrected chi connectivity index (χ2v) is 15.3. The molecule has 4 nitrogen and oxygen atoms in total. The third kappa shape index (κ3) is 9.40. The average Bonchev–Trinajstić information content (AvgIpc) is 3.04. The number of nitrogens with zero attached hydrogens (tertiary/aromatic N) is 3. The van der Waals surface area contributed by atoms with Crippen molar-refractivity contribution in [1.29, 1.82) is 0 Å². The van der Waals surface area contributed by atoms with E-state index >= 15 is 0 Å². The van der Waals surface area contributed by atoms with Crippen LogP contribution in [-0.4, -0.2) is 72.0 Å². The highest BCUT2D eigenvalue weighted by Gasteiger charge is 2.30. The number of benzene rings is 3. The molecule has 0 spiro atoms. The summed E-state index contributed by atoms with van der Waals surface area (Å²) in [6, 6.07) is 17.6. The molecular formula is C37H44Br2ClF2N3O. The lowest BCUT2D eigenvalue weighted by Gasteiger charge is -2.41. The van der Waals surface area contributed by atoms with E-state index in [2.05, 4.69) is 55.5 Å². The number of amides is 1. The number of hydrogen-bond donors (Lipinski definition) is 0. The van der Waals surface area contributed by atoms with E-state index in [0.717, 1.165) is 84.8 Å². The van der Waals surface area contributed by atoms with Gasteiger partial charge in [-0.05, 0) is 150 Å². The van der Waals surface area contributed by atoms with Crippen molar-refractivity contribution in [2.24, 2.45) is 11.8 Å². The fourth-order valence-electron chi connectivity index (χ4n) is 7.13. The summed E-state index contributed by atoms with van der Waals surface area (Å²) in [5, 5.41) is 0.478. The van der Waals surface area contributed by atoms with Gasteiger partial charge in [0.25, 0.3) is 5.91 Å². The predicted molar refractivity (Wildman–Crippen MR) is 190 cm³/mol. The van der Waals surface area contributed by atoms with Gasteiger partial charge in [-0.2, -0.15) is 0 Å². The van der Waals surface area contributed by atoms with Gasteiger partial charge < -0.3 is 4.90 Å². The van der Waals surface area contributed by atoms with Gasteiger partial charge in [-0.3, -0.25) is 14.6 Å². The summed E-state index contributed by atoms with van der Waals surface area (Å²) >= 11 is 13.7. The number of carbonyl (C=O) groups is 1. The monoisotopic (exact) mass is 777 g/mol. The molecule has 2 aliphatic heterocycles.